The van der Waals surface area contributed by atoms with Gasteiger partial charge in [-0.05, 0) is 50.3 Å². The van der Waals surface area contributed by atoms with E-state index in [4.69, 9.17) is 0 Å². The summed E-state index contributed by atoms with van der Waals surface area (Å²) in [6, 6.07) is 6.75. The van der Waals surface area contributed by atoms with Crippen LogP contribution in [0.1, 0.15) is 43.7 Å². The Kier molecular flexibility index (Phi) is 4.93. The molecule has 0 spiro atoms. The van der Waals surface area contributed by atoms with E-state index in [1.807, 2.05) is 6.07 Å². The number of phenols is 1. The Bertz CT molecular complexity index is 1450. The summed E-state index contributed by atoms with van der Waals surface area (Å²) in [4.78, 5) is 3.71. The number of nitriles is 1. The number of halogens is 4. The van der Waals surface area contributed by atoms with Crippen molar-refractivity contribution in [3.63, 3.8) is 0 Å². The molecule has 0 radical (unpaired) electrons. The summed E-state index contributed by atoms with van der Waals surface area (Å²) in [6.45, 7) is 0. The third kappa shape index (κ3) is 3.42. The largest absolute Gasteiger partial charge is 0.505 e. The predicted molar refractivity (Wildman–Crippen MR) is 113 cm³/mol. The van der Waals surface area contributed by atoms with Crippen LogP contribution in [0.25, 0.3) is 22.3 Å². The van der Waals surface area contributed by atoms with Gasteiger partial charge in [0.15, 0.2) is 11.6 Å². The SMILES string of the molecule is N#Cc1c(-c2ccc(S(=O)(=O)NC3(C(F)(F)F)CC3)cn2)n(C2CCC2)c2cc(O)c(F)cc12. The van der Waals surface area contributed by atoms with Crippen molar-refractivity contribution in [2.75, 3.05) is 0 Å². The average molecular weight is 494 g/mol. The molecule has 2 aliphatic rings. The van der Waals surface area contributed by atoms with Crippen molar-refractivity contribution < 1.29 is 31.1 Å². The van der Waals surface area contributed by atoms with E-state index in [0.717, 1.165) is 37.6 Å². The molecule has 2 heterocycles. The molecule has 7 nitrogen and oxygen atoms in total. The molecule has 0 saturated heterocycles. The molecule has 2 N–H and O–H groups in total. The van der Waals surface area contributed by atoms with Gasteiger partial charge in [-0.2, -0.15) is 23.2 Å². The van der Waals surface area contributed by atoms with Gasteiger partial charge in [-0.25, -0.2) is 12.8 Å². The second kappa shape index (κ2) is 7.41. The normalized spacial score (nSPS) is 18.0. The maximum Gasteiger partial charge on any atom is 0.407 e. The minimum absolute atomic E-state index is 0.0298. The number of benzene rings is 1. The number of phenolic OH excluding ortho intramolecular Hbond substituents is 1. The fourth-order valence-electron chi connectivity index (χ4n) is 4.27. The molecule has 2 aliphatic carbocycles. The van der Waals surface area contributed by atoms with Crippen LogP contribution in [0.2, 0.25) is 0 Å². The molecular formula is C22H18F4N4O3S. The quantitative estimate of drug-likeness (QED) is 0.507. The zero-order chi connectivity index (χ0) is 24.5. The lowest BCUT2D eigenvalue weighted by molar-refractivity contribution is -0.160. The van der Waals surface area contributed by atoms with Gasteiger partial charge in [-0.1, -0.05) is 0 Å². The molecule has 3 aromatic rings. The topological polar surface area (TPSA) is 108 Å². The van der Waals surface area contributed by atoms with E-state index in [-0.39, 0.29) is 35.5 Å². The molecule has 2 aromatic heterocycles. The number of aromatic hydroxyl groups is 1. The summed E-state index contributed by atoms with van der Waals surface area (Å²) in [6.07, 6.45) is -1.93. The van der Waals surface area contributed by atoms with Crippen LogP contribution in [0.15, 0.2) is 35.4 Å². The molecule has 1 aromatic carbocycles. The van der Waals surface area contributed by atoms with E-state index in [9.17, 15) is 36.3 Å². The van der Waals surface area contributed by atoms with Gasteiger partial charge in [0.2, 0.25) is 10.0 Å². The summed E-state index contributed by atoms with van der Waals surface area (Å²) in [5, 5.41) is 20.0. The molecule has 2 fully saturated rings. The molecule has 0 unspecified atom stereocenters. The Morgan fingerprint density at radius 1 is 1.24 bits per heavy atom. The van der Waals surface area contributed by atoms with Crippen molar-refractivity contribution in [1.29, 1.82) is 5.26 Å². The molecular weight excluding hydrogens is 476 g/mol. The number of aromatic nitrogens is 2. The fourth-order valence-corrected chi connectivity index (χ4v) is 5.66. The van der Waals surface area contributed by atoms with Gasteiger partial charge >= 0.3 is 6.18 Å². The molecule has 5 rings (SSSR count). The first kappa shape index (κ1) is 22.6. The number of nitrogens with one attached hydrogen (secondary N) is 1. The van der Waals surface area contributed by atoms with Gasteiger partial charge < -0.3 is 9.67 Å². The second-order valence-electron chi connectivity index (χ2n) is 8.68. The summed E-state index contributed by atoms with van der Waals surface area (Å²) < 4.78 is 82.4. The van der Waals surface area contributed by atoms with Crippen LogP contribution in [-0.4, -0.2) is 34.8 Å². The number of pyridine rings is 1. The monoisotopic (exact) mass is 494 g/mol. The lowest BCUT2D eigenvalue weighted by atomic mass is 9.92. The minimum Gasteiger partial charge on any atom is -0.505 e. The number of hydrogen-bond donors (Lipinski definition) is 2. The summed E-state index contributed by atoms with van der Waals surface area (Å²) in [7, 11) is -4.50. The van der Waals surface area contributed by atoms with Gasteiger partial charge in [-0.15, -0.1) is 0 Å². The third-order valence-corrected chi connectivity index (χ3v) is 8.06. The van der Waals surface area contributed by atoms with E-state index in [2.05, 4.69) is 4.98 Å². The molecule has 0 amide bonds. The average Bonchev–Trinajstić information content (AvgIpc) is 3.45. The van der Waals surface area contributed by atoms with Crippen molar-refractivity contribution in [1.82, 2.24) is 14.3 Å². The molecule has 34 heavy (non-hydrogen) atoms. The summed E-state index contributed by atoms with van der Waals surface area (Å²) in [5.41, 5.74) is -1.37. The van der Waals surface area contributed by atoms with Crippen LogP contribution in [0.4, 0.5) is 17.6 Å². The maximum atomic E-state index is 14.1. The highest BCUT2D eigenvalue weighted by Crippen LogP contribution is 2.50. The first-order valence-corrected chi connectivity index (χ1v) is 12.0. The number of fused-ring (bicyclic) bond motifs is 1. The van der Waals surface area contributed by atoms with Gasteiger partial charge in [0.25, 0.3) is 0 Å². The zero-order valence-corrected chi connectivity index (χ0v) is 18.3. The Hall–Kier alpha value is -3.17. The van der Waals surface area contributed by atoms with Gasteiger partial charge in [0, 0.05) is 23.7 Å². The van der Waals surface area contributed by atoms with Crippen LogP contribution in [0.3, 0.4) is 0 Å². The zero-order valence-electron chi connectivity index (χ0n) is 17.5. The Morgan fingerprint density at radius 2 is 1.94 bits per heavy atom. The molecule has 178 valence electrons. The van der Waals surface area contributed by atoms with Crippen LogP contribution in [-0.2, 0) is 10.0 Å². The first-order chi connectivity index (χ1) is 16.0. The van der Waals surface area contributed by atoms with Crippen molar-refractivity contribution in [2.24, 2.45) is 0 Å². The number of sulfonamides is 1. The maximum absolute atomic E-state index is 14.1. The van der Waals surface area contributed by atoms with Crippen LogP contribution in [0, 0.1) is 17.1 Å². The van der Waals surface area contributed by atoms with Crippen LogP contribution in [0.5, 0.6) is 5.75 Å². The van der Waals surface area contributed by atoms with Crippen molar-refractivity contribution in [3.05, 3.63) is 41.8 Å². The molecule has 2 saturated carbocycles. The van der Waals surface area contributed by atoms with Crippen LogP contribution < -0.4 is 4.72 Å². The predicted octanol–water partition coefficient (Wildman–Crippen LogP) is 4.52. The standard InChI is InChI=1S/C22H18F4N4O3S/c23-16-8-14-15(10-27)20(30(12-2-1-3-12)18(14)9-19(16)31)17-5-4-13(11-28-17)34(32,33)29-21(6-7-21)22(24,25)26/h4-5,8-9,11-12,29,31H,1-3,6-7H2. The van der Waals surface area contributed by atoms with Crippen molar-refractivity contribution in [3.8, 4) is 23.2 Å². The van der Waals surface area contributed by atoms with Gasteiger partial charge in [0.1, 0.15) is 16.5 Å². The highest BCUT2D eigenvalue weighted by molar-refractivity contribution is 7.89. The van der Waals surface area contributed by atoms with Gasteiger partial charge in [-0.3, -0.25) is 4.98 Å². The summed E-state index contributed by atoms with van der Waals surface area (Å²) in [5.74, 6) is -1.46. The Labute approximate surface area is 191 Å². The van der Waals surface area contributed by atoms with E-state index in [0.29, 0.717) is 11.2 Å². The second-order valence-corrected chi connectivity index (χ2v) is 10.4. The molecule has 0 atom stereocenters. The smallest absolute Gasteiger partial charge is 0.407 e. The Balaban J connectivity index is 1.59. The number of nitrogens with zero attached hydrogens (tertiary/aromatic N) is 3. The fraction of sp³-hybridized carbons (Fsp3) is 0.364. The van der Waals surface area contributed by atoms with Crippen molar-refractivity contribution >= 4 is 20.9 Å². The van der Waals surface area contributed by atoms with Gasteiger partial charge in [0.05, 0.1) is 22.5 Å². The van der Waals surface area contributed by atoms with E-state index >= 15 is 0 Å². The lowest BCUT2D eigenvalue weighted by Crippen LogP contribution is -2.47. The lowest BCUT2D eigenvalue weighted by Gasteiger charge is -2.30. The van der Waals surface area contributed by atoms with E-state index < -0.39 is 38.2 Å². The molecule has 0 aliphatic heterocycles. The van der Waals surface area contributed by atoms with Crippen molar-refractivity contribution in [2.45, 2.75) is 54.8 Å². The number of alkyl halides is 3. The summed E-state index contributed by atoms with van der Waals surface area (Å²) >= 11 is 0. The first-order valence-electron chi connectivity index (χ1n) is 10.5. The Morgan fingerprint density at radius 3 is 2.44 bits per heavy atom. The minimum atomic E-state index is -4.71. The molecule has 0 bridgehead atoms. The van der Waals surface area contributed by atoms with E-state index in [1.165, 1.54) is 12.1 Å². The highest BCUT2D eigenvalue weighted by Gasteiger charge is 2.65. The van der Waals surface area contributed by atoms with Crippen LogP contribution >= 0.6 is 0 Å². The van der Waals surface area contributed by atoms with E-state index in [1.54, 1.807) is 9.29 Å². The number of hydrogen-bond acceptors (Lipinski definition) is 5. The number of rotatable bonds is 5. The third-order valence-electron chi connectivity index (χ3n) is 6.54. The molecule has 12 heteroatoms. The highest BCUT2D eigenvalue weighted by atomic mass is 32.2.